The minimum atomic E-state index is -0.943. The fourth-order valence-corrected chi connectivity index (χ4v) is 2.53. The van der Waals surface area contributed by atoms with Gasteiger partial charge < -0.3 is 15.3 Å². The van der Waals surface area contributed by atoms with E-state index in [9.17, 15) is 9.59 Å². The van der Waals surface area contributed by atoms with Crippen LogP contribution in [0, 0.1) is 5.41 Å². The molecule has 1 aliphatic heterocycles. The molecule has 0 saturated carbocycles. The number of hydrogen-bond acceptors (Lipinski definition) is 2. The predicted molar refractivity (Wildman–Crippen MR) is 78.7 cm³/mol. The van der Waals surface area contributed by atoms with Crippen molar-refractivity contribution < 1.29 is 14.7 Å². The lowest BCUT2D eigenvalue weighted by atomic mass is 9.85. The molecule has 1 heterocycles. The molecule has 0 aromatic rings. The van der Waals surface area contributed by atoms with Crippen LogP contribution in [0.2, 0.25) is 0 Å². The topological polar surface area (TPSA) is 69.6 Å². The number of unbranched alkanes of at least 4 members (excludes halogenated alkanes) is 1. The summed E-state index contributed by atoms with van der Waals surface area (Å²) in [6.07, 6.45) is 5.29. The van der Waals surface area contributed by atoms with Crippen LogP contribution in [-0.4, -0.2) is 41.1 Å². The summed E-state index contributed by atoms with van der Waals surface area (Å²) in [5.41, 5.74) is 0.267. The van der Waals surface area contributed by atoms with Crippen molar-refractivity contribution in [2.75, 3.05) is 13.1 Å². The SMILES string of the molecule is CCCCC(NC(=O)N1CCCC(C)(C)CC1)C(=O)O. The number of hydrogen-bond donors (Lipinski definition) is 2. The first-order chi connectivity index (χ1) is 9.35. The lowest BCUT2D eigenvalue weighted by Crippen LogP contribution is -2.48. The molecule has 1 aliphatic rings. The van der Waals surface area contributed by atoms with Gasteiger partial charge in [0.2, 0.25) is 0 Å². The second-order valence-electron chi connectivity index (χ2n) is 6.49. The number of aliphatic carboxylic acids is 1. The maximum Gasteiger partial charge on any atom is 0.326 e. The summed E-state index contributed by atoms with van der Waals surface area (Å²) in [5, 5.41) is 11.8. The molecule has 0 aromatic carbocycles. The molecule has 0 aromatic heterocycles. The average molecular weight is 284 g/mol. The van der Waals surface area contributed by atoms with Crippen LogP contribution in [0.15, 0.2) is 0 Å². The highest BCUT2D eigenvalue weighted by molar-refractivity contribution is 5.82. The zero-order valence-electron chi connectivity index (χ0n) is 12.9. The Morgan fingerprint density at radius 3 is 2.60 bits per heavy atom. The number of carbonyl (C=O) groups excluding carboxylic acids is 1. The van der Waals surface area contributed by atoms with Gasteiger partial charge in [0.25, 0.3) is 0 Å². The maximum absolute atomic E-state index is 12.2. The Morgan fingerprint density at radius 2 is 2.00 bits per heavy atom. The van der Waals surface area contributed by atoms with Gasteiger partial charge in [-0.15, -0.1) is 0 Å². The van der Waals surface area contributed by atoms with Crippen LogP contribution in [0.3, 0.4) is 0 Å². The molecule has 2 N–H and O–H groups in total. The van der Waals surface area contributed by atoms with E-state index in [0.717, 1.165) is 38.6 Å². The molecule has 0 radical (unpaired) electrons. The standard InChI is InChI=1S/C15H28N2O3/c1-4-5-7-12(13(18)19)16-14(20)17-10-6-8-15(2,3)9-11-17/h12H,4-11H2,1-3H3,(H,16,20)(H,18,19). The Hall–Kier alpha value is -1.26. The van der Waals surface area contributed by atoms with E-state index >= 15 is 0 Å². The molecule has 0 bridgehead atoms. The molecule has 1 saturated heterocycles. The third-order valence-electron chi connectivity index (χ3n) is 4.07. The minimum Gasteiger partial charge on any atom is -0.480 e. The average Bonchev–Trinajstić information content (AvgIpc) is 2.55. The highest BCUT2D eigenvalue weighted by Gasteiger charge is 2.27. The molecule has 20 heavy (non-hydrogen) atoms. The zero-order valence-corrected chi connectivity index (χ0v) is 12.9. The smallest absolute Gasteiger partial charge is 0.326 e. The number of carbonyl (C=O) groups is 2. The van der Waals surface area contributed by atoms with E-state index in [1.165, 1.54) is 0 Å². The predicted octanol–water partition coefficient (Wildman–Crippen LogP) is 2.85. The van der Waals surface area contributed by atoms with Gasteiger partial charge in [0, 0.05) is 13.1 Å². The second-order valence-corrected chi connectivity index (χ2v) is 6.49. The lowest BCUT2D eigenvalue weighted by Gasteiger charge is -2.25. The van der Waals surface area contributed by atoms with Crippen molar-refractivity contribution in [3.8, 4) is 0 Å². The molecular formula is C15H28N2O3. The molecule has 5 heteroatoms. The van der Waals surface area contributed by atoms with E-state index in [0.29, 0.717) is 13.0 Å². The summed E-state index contributed by atoms with van der Waals surface area (Å²) in [6.45, 7) is 7.87. The first-order valence-electron chi connectivity index (χ1n) is 7.64. The van der Waals surface area contributed by atoms with Gasteiger partial charge in [-0.2, -0.15) is 0 Å². The quantitative estimate of drug-likeness (QED) is 0.815. The van der Waals surface area contributed by atoms with Crippen LogP contribution >= 0.6 is 0 Å². The van der Waals surface area contributed by atoms with E-state index in [4.69, 9.17) is 5.11 Å². The number of urea groups is 1. The van der Waals surface area contributed by atoms with Gasteiger partial charge in [-0.3, -0.25) is 0 Å². The number of amides is 2. The lowest BCUT2D eigenvalue weighted by molar-refractivity contribution is -0.139. The number of nitrogens with one attached hydrogen (secondary N) is 1. The fourth-order valence-electron chi connectivity index (χ4n) is 2.53. The van der Waals surface area contributed by atoms with Gasteiger partial charge in [-0.25, -0.2) is 9.59 Å². The molecule has 5 nitrogen and oxygen atoms in total. The van der Waals surface area contributed by atoms with Crippen LogP contribution in [0.5, 0.6) is 0 Å². The van der Waals surface area contributed by atoms with E-state index in [1.807, 2.05) is 6.92 Å². The first-order valence-corrected chi connectivity index (χ1v) is 7.64. The number of rotatable bonds is 5. The van der Waals surface area contributed by atoms with E-state index in [-0.39, 0.29) is 11.4 Å². The highest BCUT2D eigenvalue weighted by atomic mass is 16.4. The Balaban J connectivity index is 2.53. The molecular weight excluding hydrogens is 256 g/mol. The van der Waals surface area contributed by atoms with Gasteiger partial charge in [0.15, 0.2) is 0 Å². The van der Waals surface area contributed by atoms with E-state index in [1.54, 1.807) is 4.90 Å². The van der Waals surface area contributed by atoms with Crippen molar-refractivity contribution in [2.45, 2.75) is 65.3 Å². The van der Waals surface area contributed by atoms with Crippen LogP contribution in [0.25, 0.3) is 0 Å². The normalized spacial score (nSPS) is 20.1. The molecule has 116 valence electrons. The minimum absolute atomic E-state index is 0.230. The molecule has 1 rings (SSSR count). The van der Waals surface area contributed by atoms with Gasteiger partial charge >= 0.3 is 12.0 Å². The number of carboxylic acid groups (broad SMARTS) is 1. The second kappa shape index (κ2) is 7.50. The Kier molecular flexibility index (Phi) is 6.30. The van der Waals surface area contributed by atoms with Crippen molar-refractivity contribution in [1.82, 2.24) is 10.2 Å². The fraction of sp³-hybridized carbons (Fsp3) is 0.867. The first kappa shape index (κ1) is 16.8. The molecule has 0 spiro atoms. The third kappa shape index (κ3) is 5.39. The monoisotopic (exact) mass is 284 g/mol. The van der Waals surface area contributed by atoms with Crippen molar-refractivity contribution in [3.05, 3.63) is 0 Å². The highest BCUT2D eigenvalue weighted by Crippen LogP contribution is 2.29. The summed E-state index contributed by atoms with van der Waals surface area (Å²) >= 11 is 0. The Labute approximate surface area is 121 Å². The van der Waals surface area contributed by atoms with Crippen LogP contribution in [0.1, 0.15) is 59.3 Å². The van der Waals surface area contributed by atoms with Gasteiger partial charge in [-0.1, -0.05) is 33.6 Å². The molecule has 1 atom stereocenters. The number of likely N-dealkylation sites (tertiary alicyclic amines) is 1. The van der Waals surface area contributed by atoms with Gasteiger partial charge in [-0.05, 0) is 31.1 Å². The Bertz CT molecular complexity index is 342. The van der Waals surface area contributed by atoms with Crippen molar-refractivity contribution in [3.63, 3.8) is 0 Å². The largest absolute Gasteiger partial charge is 0.480 e. The summed E-state index contributed by atoms with van der Waals surface area (Å²) < 4.78 is 0. The molecule has 1 fully saturated rings. The number of carboxylic acids is 1. The van der Waals surface area contributed by atoms with E-state index in [2.05, 4.69) is 19.2 Å². The summed E-state index contributed by atoms with van der Waals surface area (Å²) in [6, 6.07) is -0.995. The number of nitrogens with zero attached hydrogens (tertiary/aromatic N) is 1. The maximum atomic E-state index is 12.2. The summed E-state index contributed by atoms with van der Waals surface area (Å²) in [5.74, 6) is -0.943. The summed E-state index contributed by atoms with van der Waals surface area (Å²) in [4.78, 5) is 25.1. The van der Waals surface area contributed by atoms with Crippen LogP contribution in [-0.2, 0) is 4.79 Å². The van der Waals surface area contributed by atoms with Gasteiger partial charge in [0.1, 0.15) is 6.04 Å². The summed E-state index contributed by atoms with van der Waals surface area (Å²) in [7, 11) is 0. The molecule has 1 unspecified atom stereocenters. The van der Waals surface area contributed by atoms with Crippen molar-refractivity contribution in [1.29, 1.82) is 0 Å². The van der Waals surface area contributed by atoms with Crippen molar-refractivity contribution >= 4 is 12.0 Å². The zero-order chi connectivity index (χ0) is 15.2. The molecule has 0 aliphatic carbocycles. The van der Waals surface area contributed by atoms with Crippen LogP contribution in [0.4, 0.5) is 4.79 Å². The molecule has 2 amide bonds. The van der Waals surface area contributed by atoms with Crippen molar-refractivity contribution in [2.24, 2.45) is 5.41 Å². The Morgan fingerprint density at radius 1 is 1.30 bits per heavy atom. The van der Waals surface area contributed by atoms with Gasteiger partial charge in [0.05, 0.1) is 0 Å². The third-order valence-corrected chi connectivity index (χ3v) is 4.07. The van der Waals surface area contributed by atoms with Crippen LogP contribution < -0.4 is 5.32 Å². The van der Waals surface area contributed by atoms with E-state index < -0.39 is 12.0 Å².